The maximum absolute atomic E-state index is 12.1. The SMILES string of the molecule is CNCCC1Cc2ccccc2S1(=O)=O. The van der Waals surface area contributed by atoms with Crippen LogP contribution in [0.4, 0.5) is 0 Å². The Balaban J connectivity index is 2.31. The summed E-state index contributed by atoms with van der Waals surface area (Å²) in [7, 11) is -1.22. The molecule has 0 saturated heterocycles. The van der Waals surface area contributed by atoms with E-state index in [2.05, 4.69) is 5.32 Å². The van der Waals surface area contributed by atoms with Gasteiger partial charge in [-0.1, -0.05) is 18.2 Å². The number of sulfone groups is 1. The average Bonchev–Trinajstić information content (AvgIpc) is 2.48. The number of hydrogen-bond acceptors (Lipinski definition) is 3. The summed E-state index contributed by atoms with van der Waals surface area (Å²) in [6.45, 7) is 0.748. The van der Waals surface area contributed by atoms with Crippen molar-refractivity contribution in [2.45, 2.75) is 23.0 Å². The van der Waals surface area contributed by atoms with Gasteiger partial charge in [-0.25, -0.2) is 8.42 Å². The Kier molecular flexibility index (Phi) is 2.80. The van der Waals surface area contributed by atoms with Crippen LogP contribution in [0.15, 0.2) is 29.2 Å². The van der Waals surface area contributed by atoms with E-state index in [0.29, 0.717) is 17.7 Å². The van der Waals surface area contributed by atoms with Gasteiger partial charge in [-0.15, -0.1) is 0 Å². The van der Waals surface area contributed by atoms with Gasteiger partial charge in [0.2, 0.25) is 0 Å². The molecule has 0 saturated carbocycles. The average molecular weight is 225 g/mol. The summed E-state index contributed by atoms with van der Waals surface area (Å²) in [5, 5.41) is 2.76. The Bertz CT molecular complexity index is 453. The summed E-state index contributed by atoms with van der Waals surface area (Å²) in [6, 6.07) is 7.31. The molecule has 1 atom stereocenters. The first-order valence-electron chi connectivity index (χ1n) is 5.12. The highest BCUT2D eigenvalue weighted by Crippen LogP contribution is 2.32. The third-order valence-electron chi connectivity index (χ3n) is 2.88. The van der Waals surface area contributed by atoms with Crippen LogP contribution in [-0.2, 0) is 16.3 Å². The second-order valence-corrected chi connectivity index (χ2v) is 6.07. The van der Waals surface area contributed by atoms with E-state index in [4.69, 9.17) is 0 Å². The van der Waals surface area contributed by atoms with Crippen LogP contribution in [0.3, 0.4) is 0 Å². The Morgan fingerprint density at radius 3 is 2.80 bits per heavy atom. The van der Waals surface area contributed by atoms with E-state index in [1.54, 1.807) is 12.1 Å². The summed E-state index contributed by atoms with van der Waals surface area (Å²) >= 11 is 0. The molecular formula is C11H15NO2S. The Hall–Kier alpha value is -0.870. The van der Waals surface area contributed by atoms with E-state index in [-0.39, 0.29) is 5.25 Å². The minimum atomic E-state index is -3.06. The molecule has 0 spiro atoms. The highest BCUT2D eigenvalue weighted by atomic mass is 32.2. The molecule has 0 bridgehead atoms. The van der Waals surface area contributed by atoms with E-state index >= 15 is 0 Å². The molecule has 1 heterocycles. The van der Waals surface area contributed by atoms with E-state index in [1.807, 2.05) is 19.2 Å². The summed E-state index contributed by atoms with van der Waals surface area (Å²) in [5.74, 6) is 0. The van der Waals surface area contributed by atoms with Crippen LogP contribution < -0.4 is 5.32 Å². The van der Waals surface area contributed by atoms with Crippen molar-refractivity contribution in [2.75, 3.05) is 13.6 Å². The number of benzene rings is 1. The lowest BCUT2D eigenvalue weighted by Crippen LogP contribution is -2.22. The molecule has 0 aromatic heterocycles. The molecule has 1 aromatic carbocycles. The predicted octanol–water partition coefficient (Wildman–Crippen LogP) is 0.995. The fourth-order valence-electron chi connectivity index (χ4n) is 2.05. The van der Waals surface area contributed by atoms with Gasteiger partial charge in [-0.05, 0) is 38.1 Å². The van der Waals surface area contributed by atoms with Crippen molar-refractivity contribution in [3.8, 4) is 0 Å². The van der Waals surface area contributed by atoms with E-state index in [9.17, 15) is 8.42 Å². The van der Waals surface area contributed by atoms with Crippen molar-refractivity contribution in [3.63, 3.8) is 0 Å². The van der Waals surface area contributed by atoms with Crippen LogP contribution in [0.25, 0.3) is 0 Å². The fraction of sp³-hybridized carbons (Fsp3) is 0.455. The summed E-state index contributed by atoms with van der Waals surface area (Å²) < 4.78 is 24.1. The van der Waals surface area contributed by atoms with Crippen molar-refractivity contribution < 1.29 is 8.42 Å². The van der Waals surface area contributed by atoms with Gasteiger partial charge in [0, 0.05) is 0 Å². The maximum atomic E-state index is 12.1. The van der Waals surface area contributed by atoms with Crippen LogP contribution >= 0.6 is 0 Å². The van der Waals surface area contributed by atoms with Gasteiger partial charge in [-0.3, -0.25) is 0 Å². The van der Waals surface area contributed by atoms with Crippen LogP contribution in [0, 0.1) is 0 Å². The molecule has 1 unspecified atom stereocenters. The minimum absolute atomic E-state index is 0.234. The third-order valence-corrected chi connectivity index (χ3v) is 5.17. The second kappa shape index (κ2) is 3.94. The van der Waals surface area contributed by atoms with Crippen molar-refractivity contribution in [1.29, 1.82) is 0 Å². The third kappa shape index (κ3) is 1.79. The summed E-state index contributed by atoms with van der Waals surface area (Å²) in [6.07, 6.45) is 1.35. The summed E-state index contributed by atoms with van der Waals surface area (Å²) in [5.41, 5.74) is 0.971. The van der Waals surface area contributed by atoms with Crippen molar-refractivity contribution >= 4 is 9.84 Å². The van der Waals surface area contributed by atoms with Crippen LogP contribution in [0.5, 0.6) is 0 Å². The molecule has 1 aliphatic rings. The lowest BCUT2D eigenvalue weighted by molar-refractivity contribution is 0.575. The smallest absolute Gasteiger partial charge is 0.181 e. The van der Waals surface area contributed by atoms with E-state index < -0.39 is 9.84 Å². The van der Waals surface area contributed by atoms with Crippen LogP contribution in [-0.4, -0.2) is 27.3 Å². The molecule has 1 aliphatic heterocycles. The Morgan fingerprint density at radius 1 is 1.40 bits per heavy atom. The molecule has 0 radical (unpaired) electrons. The molecule has 1 aromatic rings. The van der Waals surface area contributed by atoms with Gasteiger partial charge in [0.15, 0.2) is 9.84 Å². The van der Waals surface area contributed by atoms with E-state index in [1.165, 1.54) is 0 Å². The van der Waals surface area contributed by atoms with Crippen LogP contribution in [0.2, 0.25) is 0 Å². The topological polar surface area (TPSA) is 46.2 Å². The zero-order valence-corrected chi connectivity index (χ0v) is 9.55. The largest absolute Gasteiger partial charge is 0.320 e. The molecule has 3 nitrogen and oxygen atoms in total. The monoisotopic (exact) mass is 225 g/mol. The first-order chi connectivity index (χ1) is 7.16. The zero-order chi connectivity index (χ0) is 10.9. The van der Waals surface area contributed by atoms with Gasteiger partial charge >= 0.3 is 0 Å². The molecule has 4 heteroatoms. The second-order valence-electron chi connectivity index (χ2n) is 3.87. The zero-order valence-electron chi connectivity index (χ0n) is 8.73. The predicted molar refractivity (Wildman–Crippen MR) is 59.7 cm³/mol. The molecular weight excluding hydrogens is 210 g/mol. The number of hydrogen-bond donors (Lipinski definition) is 1. The van der Waals surface area contributed by atoms with Crippen molar-refractivity contribution in [2.24, 2.45) is 0 Å². The first kappa shape index (κ1) is 10.6. The molecule has 0 aliphatic carbocycles. The summed E-state index contributed by atoms with van der Waals surface area (Å²) in [4.78, 5) is 0.533. The van der Waals surface area contributed by atoms with E-state index in [0.717, 1.165) is 12.1 Å². The molecule has 1 N–H and O–H groups in total. The van der Waals surface area contributed by atoms with Crippen LogP contribution in [0.1, 0.15) is 12.0 Å². The lowest BCUT2D eigenvalue weighted by Gasteiger charge is -2.08. The molecule has 82 valence electrons. The van der Waals surface area contributed by atoms with Crippen molar-refractivity contribution in [3.05, 3.63) is 29.8 Å². The molecule has 2 rings (SSSR count). The molecule has 15 heavy (non-hydrogen) atoms. The Morgan fingerprint density at radius 2 is 2.13 bits per heavy atom. The van der Waals surface area contributed by atoms with Gasteiger partial charge in [0.25, 0.3) is 0 Å². The lowest BCUT2D eigenvalue weighted by atomic mass is 10.1. The highest BCUT2D eigenvalue weighted by molar-refractivity contribution is 7.92. The number of nitrogens with one attached hydrogen (secondary N) is 1. The molecule has 0 amide bonds. The highest BCUT2D eigenvalue weighted by Gasteiger charge is 2.35. The fourth-order valence-corrected chi connectivity index (χ4v) is 4.02. The Labute approximate surface area is 90.4 Å². The van der Waals surface area contributed by atoms with Gasteiger partial charge < -0.3 is 5.32 Å². The van der Waals surface area contributed by atoms with Gasteiger partial charge in [-0.2, -0.15) is 0 Å². The number of fused-ring (bicyclic) bond motifs is 1. The normalized spacial score (nSPS) is 22.6. The molecule has 0 fully saturated rings. The first-order valence-corrected chi connectivity index (χ1v) is 6.67. The quantitative estimate of drug-likeness (QED) is 0.834. The number of rotatable bonds is 3. The minimum Gasteiger partial charge on any atom is -0.320 e. The standard InChI is InChI=1S/C11H15NO2S/c1-12-7-6-10-8-9-4-2-3-5-11(9)15(10,13)14/h2-5,10,12H,6-8H2,1H3. The van der Waals surface area contributed by atoms with Gasteiger partial charge in [0.05, 0.1) is 10.1 Å². The van der Waals surface area contributed by atoms with Gasteiger partial charge in [0.1, 0.15) is 0 Å². The maximum Gasteiger partial charge on any atom is 0.181 e. The van der Waals surface area contributed by atoms with Crippen molar-refractivity contribution in [1.82, 2.24) is 5.32 Å².